The number of carbonyl (C=O) groups is 2. The predicted molar refractivity (Wildman–Crippen MR) is 143 cm³/mol. The maximum atomic E-state index is 13.0. The van der Waals surface area contributed by atoms with Crippen LogP contribution in [0.4, 0.5) is 0 Å². The van der Waals surface area contributed by atoms with E-state index in [1.54, 1.807) is 25.2 Å². The van der Waals surface area contributed by atoms with E-state index in [0.29, 0.717) is 36.4 Å². The van der Waals surface area contributed by atoms with Crippen LogP contribution in [0, 0.1) is 17.2 Å². The number of ether oxygens (including phenoxy) is 1. The summed E-state index contributed by atoms with van der Waals surface area (Å²) in [6.45, 7) is 0.448. The number of amides is 2. The van der Waals surface area contributed by atoms with Gasteiger partial charge in [0.2, 0.25) is 0 Å². The summed E-state index contributed by atoms with van der Waals surface area (Å²) in [4.78, 5) is 30.6. The topological polar surface area (TPSA) is 104 Å². The average Bonchev–Trinajstić information content (AvgIpc) is 2.93. The first-order valence-electron chi connectivity index (χ1n) is 11.8. The lowest BCUT2D eigenvalue weighted by molar-refractivity contribution is 0.0946. The number of carbonyl (C=O) groups excluding carboxylic acids is 2. The first-order chi connectivity index (χ1) is 18.1. The van der Waals surface area contributed by atoms with E-state index < -0.39 is 0 Å². The lowest BCUT2D eigenvalue weighted by Crippen LogP contribution is -2.26. The number of nitrogens with zero attached hydrogens (tertiary/aromatic N) is 2. The van der Waals surface area contributed by atoms with Crippen LogP contribution in [0.15, 0.2) is 94.9 Å². The highest BCUT2D eigenvalue weighted by atomic mass is 32.2. The van der Waals surface area contributed by atoms with E-state index in [9.17, 15) is 14.9 Å². The van der Waals surface area contributed by atoms with E-state index in [4.69, 9.17) is 4.74 Å². The summed E-state index contributed by atoms with van der Waals surface area (Å²) in [6.07, 6.45) is 8.70. The van der Waals surface area contributed by atoms with E-state index >= 15 is 0 Å². The summed E-state index contributed by atoms with van der Waals surface area (Å²) in [5, 5.41) is 15.0. The highest BCUT2D eigenvalue weighted by Gasteiger charge is 2.19. The summed E-state index contributed by atoms with van der Waals surface area (Å²) in [5.74, 6) is 0.501. The minimum Gasteiger partial charge on any atom is -0.457 e. The molecule has 3 aromatic rings. The Bertz CT molecular complexity index is 1390. The number of hydrogen-bond acceptors (Lipinski definition) is 6. The van der Waals surface area contributed by atoms with E-state index in [-0.39, 0.29) is 23.4 Å². The third-order valence-corrected chi connectivity index (χ3v) is 6.88. The number of hydrogen-bond donors (Lipinski definition) is 2. The molecule has 186 valence electrons. The van der Waals surface area contributed by atoms with Crippen LogP contribution in [0.2, 0.25) is 0 Å². The zero-order valence-corrected chi connectivity index (χ0v) is 21.1. The minimum absolute atomic E-state index is 0.158. The lowest BCUT2D eigenvalue weighted by atomic mass is 10.0. The van der Waals surface area contributed by atoms with Crippen molar-refractivity contribution in [1.29, 1.82) is 5.26 Å². The summed E-state index contributed by atoms with van der Waals surface area (Å²) >= 11 is 1.47. The van der Waals surface area contributed by atoms with Gasteiger partial charge in [0, 0.05) is 35.7 Å². The van der Waals surface area contributed by atoms with Gasteiger partial charge in [0.1, 0.15) is 17.2 Å². The van der Waals surface area contributed by atoms with Crippen molar-refractivity contribution >= 4 is 23.6 Å². The van der Waals surface area contributed by atoms with Gasteiger partial charge >= 0.3 is 0 Å². The van der Waals surface area contributed by atoms with Crippen LogP contribution >= 0.6 is 11.8 Å². The Labute approximate surface area is 220 Å². The van der Waals surface area contributed by atoms with Crippen LogP contribution in [-0.4, -0.2) is 30.4 Å². The number of aromatic nitrogens is 1. The fourth-order valence-corrected chi connectivity index (χ4v) is 4.85. The molecule has 1 aliphatic carbocycles. The summed E-state index contributed by atoms with van der Waals surface area (Å²) in [6, 6.07) is 20.6. The fraction of sp³-hybridized carbons (Fsp3) is 0.172. The van der Waals surface area contributed by atoms with Crippen molar-refractivity contribution in [3.05, 3.63) is 107 Å². The molecule has 0 radical (unpaired) electrons. The van der Waals surface area contributed by atoms with E-state index in [0.717, 1.165) is 15.4 Å². The number of benzene rings is 2. The van der Waals surface area contributed by atoms with Crippen LogP contribution in [0.3, 0.4) is 0 Å². The molecule has 1 aromatic heterocycles. The Morgan fingerprint density at radius 2 is 1.95 bits per heavy atom. The Morgan fingerprint density at radius 3 is 2.78 bits per heavy atom. The second-order valence-corrected chi connectivity index (χ2v) is 9.34. The van der Waals surface area contributed by atoms with Crippen molar-refractivity contribution in [2.75, 3.05) is 13.6 Å². The summed E-state index contributed by atoms with van der Waals surface area (Å²) in [5.41, 5.74) is 1.86. The van der Waals surface area contributed by atoms with E-state index in [1.165, 1.54) is 18.0 Å². The van der Waals surface area contributed by atoms with Crippen molar-refractivity contribution in [2.45, 2.75) is 17.7 Å². The van der Waals surface area contributed by atoms with Gasteiger partial charge in [0.05, 0.1) is 17.6 Å². The highest BCUT2D eigenvalue weighted by molar-refractivity contribution is 8.03. The first kappa shape index (κ1) is 25.7. The molecule has 7 nitrogen and oxygen atoms in total. The van der Waals surface area contributed by atoms with Gasteiger partial charge in [-0.1, -0.05) is 54.3 Å². The second kappa shape index (κ2) is 12.6. The molecular formula is C29H26N4O3S. The maximum Gasteiger partial charge on any atom is 0.269 e. The molecule has 0 bridgehead atoms. The minimum atomic E-state index is -0.285. The fourth-order valence-electron chi connectivity index (χ4n) is 3.74. The van der Waals surface area contributed by atoms with Gasteiger partial charge in [0.15, 0.2) is 0 Å². The Hall–Kier alpha value is -4.35. The van der Waals surface area contributed by atoms with Gasteiger partial charge in [-0.15, -0.1) is 0 Å². The molecule has 37 heavy (non-hydrogen) atoms. The van der Waals surface area contributed by atoms with Gasteiger partial charge in [0.25, 0.3) is 11.8 Å². The molecular weight excluding hydrogens is 484 g/mol. The van der Waals surface area contributed by atoms with Crippen molar-refractivity contribution in [2.24, 2.45) is 5.92 Å². The Kier molecular flexibility index (Phi) is 8.74. The molecule has 1 atom stereocenters. The molecule has 1 unspecified atom stereocenters. The normalized spacial score (nSPS) is 14.3. The van der Waals surface area contributed by atoms with Gasteiger partial charge in [-0.25, -0.2) is 0 Å². The standard InChI is InChI=1S/C29H26N4O3S/c1-31-29(35)25-18-23(14-16-32-25)36-22-9-6-7-20(17-22)13-15-33-28(34)24-10-3-5-12-27(24)37-26-11-4-2-8-21(26)19-30/h2-7,9-12,14,16-18,21H,8,13,15H2,1H3,(H,31,35)(H,33,34). The lowest BCUT2D eigenvalue weighted by Gasteiger charge is -2.16. The Morgan fingerprint density at radius 1 is 1.11 bits per heavy atom. The van der Waals surface area contributed by atoms with E-state index in [1.807, 2.05) is 60.7 Å². The summed E-state index contributed by atoms with van der Waals surface area (Å²) in [7, 11) is 1.55. The number of pyridine rings is 1. The molecule has 0 fully saturated rings. The molecule has 0 aliphatic heterocycles. The van der Waals surface area contributed by atoms with Gasteiger partial charge in [-0.3, -0.25) is 14.6 Å². The monoisotopic (exact) mass is 510 g/mol. The van der Waals surface area contributed by atoms with Crippen LogP contribution in [0.5, 0.6) is 11.5 Å². The molecule has 0 saturated carbocycles. The molecule has 0 spiro atoms. The largest absolute Gasteiger partial charge is 0.457 e. The van der Waals surface area contributed by atoms with Gasteiger partial charge in [-0.05, 0) is 48.7 Å². The van der Waals surface area contributed by atoms with Crippen LogP contribution in [0.25, 0.3) is 0 Å². The van der Waals surface area contributed by atoms with E-state index in [2.05, 4.69) is 21.7 Å². The maximum absolute atomic E-state index is 13.0. The van der Waals surface area contributed by atoms with Crippen molar-refractivity contribution < 1.29 is 14.3 Å². The number of thioether (sulfide) groups is 1. The second-order valence-electron chi connectivity index (χ2n) is 8.22. The molecule has 2 N–H and O–H groups in total. The zero-order valence-electron chi connectivity index (χ0n) is 20.3. The number of nitriles is 1. The highest BCUT2D eigenvalue weighted by Crippen LogP contribution is 2.37. The number of rotatable bonds is 9. The first-order valence-corrected chi connectivity index (χ1v) is 12.7. The van der Waals surface area contributed by atoms with Crippen molar-refractivity contribution in [3.63, 3.8) is 0 Å². The SMILES string of the molecule is CNC(=O)c1cc(Oc2cccc(CCNC(=O)c3ccccc3SC3=CC=CCC3C#N)c2)ccn1. The third kappa shape index (κ3) is 6.87. The third-order valence-electron chi connectivity index (χ3n) is 5.65. The smallest absolute Gasteiger partial charge is 0.269 e. The van der Waals surface area contributed by atoms with Crippen molar-refractivity contribution in [1.82, 2.24) is 15.6 Å². The predicted octanol–water partition coefficient (Wildman–Crippen LogP) is 5.28. The van der Waals surface area contributed by atoms with Gasteiger partial charge in [-0.2, -0.15) is 5.26 Å². The molecule has 2 aromatic carbocycles. The van der Waals surface area contributed by atoms with Crippen LogP contribution in [0.1, 0.15) is 32.8 Å². The quantitative estimate of drug-likeness (QED) is 0.406. The van der Waals surface area contributed by atoms with Crippen LogP contribution in [-0.2, 0) is 6.42 Å². The molecule has 1 aliphatic rings. The molecule has 2 amide bonds. The van der Waals surface area contributed by atoms with Crippen LogP contribution < -0.4 is 15.4 Å². The summed E-state index contributed by atoms with van der Waals surface area (Å²) < 4.78 is 5.91. The molecule has 4 rings (SSSR count). The zero-order chi connectivity index (χ0) is 26.0. The molecule has 8 heteroatoms. The average molecular weight is 511 g/mol. The number of allylic oxidation sites excluding steroid dienone is 4. The number of nitrogens with one attached hydrogen (secondary N) is 2. The Balaban J connectivity index is 1.36. The van der Waals surface area contributed by atoms with Crippen molar-refractivity contribution in [3.8, 4) is 17.6 Å². The molecule has 0 saturated heterocycles. The van der Waals surface area contributed by atoms with Gasteiger partial charge < -0.3 is 15.4 Å². The molecule has 1 heterocycles.